The minimum Gasteiger partial charge on any atom is -0.327 e. The third kappa shape index (κ3) is 4.11. The van der Waals surface area contributed by atoms with E-state index >= 15 is 0 Å². The summed E-state index contributed by atoms with van der Waals surface area (Å²) in [6, 6.07) is 15.2. The molecule has 20 heavy (non-hydrogen) atoms. The van der Waals surface area contributed by atoms with Crippen molar-refractivity contribution in [2.75, 3.05) is 0 Å². The molecular formula is C17H20BrNS. The van der Waals surface area contributed by atoms with Crippen molar-refractivity contribution >= 4 is 27.7 Å². The molecule has 0 heterocycles. The van der Waals surface area contributed by atoms with E-state index in [4.69, 9.17) is 5.73 Å². The van der Waals surface area contributed by atoms with E-state index in [2.05, 4.69) is 66.2 Å². The van der Waals surface area contributed by atoms with Gasteiger partial charge in [-0.2, -0.15) is 0 Å². The first-order chi connectivity index (χ1) is 9.60. The Morgan fingerprint density at radius 1 is 1.20 bits per heavy atom. The van der Waals surface area contributed by atoms with Crippen molar-refractivity contribution in [1.29, 1.82) is 0 Å². The summed E-state index contributed by atoms with van der Waals surface area (Å²) in [5.74, 6) is 0. The van der Waals surface area contributed by atoms with Crippen molar-refractivity contribution in [3.63, 3.8) is 0 Å². The Balaban J connectivity index is 2.15. The van der Waals surface area contributed by atoms with Crippen LogP contribution in [0.15, 0.2) is 56.7 Å². The molecule has 0 fully saturated rings. The Bertz CT molecular complexity index is 583. The molecule has 3 heteroatoms. The molecule has 0 saturated heterocycles. The molecule has 0 spiro atoms. The molecule has 0 aromatic heterocycles. The van der Waals surface area contributed by atoms with Gasteiger partial charge in [-0.1, -0.05) is 36.9 Å². The van der Waals surface area contributed by atoms with Crippen molar-refractivity contribution < 1.29 is 0 Å². The van der Waals surface area contributed by atoms with Crippen molar-refractivity contribution in [2.24, 2.45) is 5.73 Å². The zero-order valence-corrected chi connectivity index (χ0v) is 14.3. The Labute approximate surface area is 134 Å². The molecule has 0 aliphatic rings. The topological polar surface area (TPSA) is 26.0 Å². The molecule has 0 amide bonds. The van der Waals surface area contributed by atoms with Crippen LogP contribution in [0, 0.1) is 6.92 Å². The average molecular weight is 350 g/mol. The fraction of sp³-hybridized carbons (Fsp3) is 0.294. The van der Waals surface area contributed by atoms with Crippen LogP contribution in [-0.4, -0.2) is 6.04 Å². The second-order valence-corrected chi connectivity index (χ2v) is 6.96. The largest absolute Gasteiger partial charge is 0.327 e. The Morgan fingerprint density at radius 3 is 2.60 bits per heavy atom. The van der Waals surface area contributed by atoms with Gasteiger partial charge in [0.05, 0.1) is 0 Å². The van der Waals surface area contributed by atoms with Crippen LogP contribution in [-0.2, 0) is 6.42 Å². The molecule has 1 nitrogen and oxygen atoms in total. The number of benzene rings is 2. The van der Waals surface area contributed by atoms with Crippen molar-refractivity contribution in [3.8, 4) is 0 Å². The van der Waals surface area contributed by atoms with Crippen LogP contribution in [0.1, 0.15) is 24.5 Å². The lowest BCUT2D eigenvalue weighted by Gasteiger charge is -2.12. The smallest absolute Gasteiger partial charge is 0.0314 e. The fourth-order valence-corrected chi connectivity index (χ4v) is 3.51. The fourth-order valence-electron chi connectivity index (χ4n) is 2.04. The molecule has 0 aliphatic heterocycles. The van der Waals surface area contributed by atoms with Gasteiger partial charge in [0.1, 0.15) is 0 Å². The summed E-state index contributed by atoms with van der Waals surface area (Å²) in [4.78, 5) is 2.51. The van der Waals surface area contributed by atoms with Crippen LogP contribution >= 0.6 is 27.7 Å². The van der Waals surface area contributed by atoms with E-state index in [1.165, 1.54) is 20.9 Å². The third-order valence-corrected chi connectivity index (χ3v) is 5.40. The van der Waals surface area contributed by atoms with Gasteiger partial charge in [0.2, 0.25) is 0 Å². The molecule has 0 aliphatic carbocycles. The summed E-state index contributed by atoms with van der Waals surface area (Å²) in [6.45, 7) is 4.30. The van der Waals surface area contributed by atoms with E-state index in [1.54, 1.807) is 11.8 Å². The third-order valence-electron chi connectivity index (χ3n) is 3.38. The van der Waals surface area contributed by atoms with Crippen LogP contribution in [0.25, 0.3) is 0 Å². The van der Waals surface area contributed by atoms with E-state index in [0.29, 0.717) is 0 Å². The SMILES string of the molecule is CCC(N)Cc1ccc(Sc2ccccc2Br)cc1C. The standard InChI is InChI=1S/C17H20BrNS/c1-3-14(19)11-13-8-9-15(10-12(13)2)20-17-7-5-4-6-16(17)18/h4-10,14H,3,11,19H2,1-2H3. The molecule has 1 atom stereocenters. The first kappa shape index (κ1) is 15.6. The van der Waals surface area contributed by atoms with Crippen LogP contribution in [0.4, 0.5) is 0 Å². The van der Waals surface area contributed by atoms with Gasteiger partial charge in [-0.15, -0.1) is 0 Å². The number of aryl methyl sites for hydroxylation is 1. The highest BCUT2D eigenvalue weighted by atomic mass is 79.9. The summed E-state index contributed by atoms with van der Waals surface area (Å²) in [6.07, 6.45) is 1.98. The summed E-state index contributed by atoms with van der Waals surface area (Å²) in [5, 5.41) is 0. The molecule has 2 rings (SSSR count). The van der Waals surface area contributed by atoms with Crippen molar-refractivity contribution in [3.05, 3.63) is 58.1 Å². The Morgan fingerprint density at radius 2 is 1.95 bits per heavy atom. The number of hydrogen-bond acceptors (Lipinski definition) is 2. The predicted molar refractivity (Wildman–Crippen MR) is 91.4 cm³/mol. The van der Waals surface area contributed by atoms with Gasteiger partial charge in [-0.3, -0.25) is 0 Å². The molecular weight excluding hydrogens is 330 g/mol. The highest BCUT2D eigenvalue weighted by molar-refractivity contribution is 9.10. The van der Waals surface area contributed by atoms with E-state index < -0.39 is 0 Å². The summed E-state index contributed by atoms with van der Waals surface area (Å²) in [7, 11) is 0. The Kier molecular flexibility index (Phi) is 5.70. The van der Waals surface area contributed by atoms with Gasteiger partial charge < -0.3 is 5.73 Å². The highest BCUT2D eigenvalue weighted by Gasteiger charge is 2.07. The summed E-state index contributed by atoms with van der Waals surface area (Å²) >= 11 is 5.38. The lowest BCUT2D eigenvalue weighted by atomic mass is 10.0. The van der Waals surface area contributed by atoms with E-state index in [-0.39, 0.29) is 6.04 Å². The van der Waals surface area contributed by atoms with Gasteiger partial charge in [-0.25, -0.2) is 0 Å². The normalized spacial score (nSPS) is 12.4. The molecule has 0 bridgehead atoms. The van der Waals surface area contributed by atoms with E-state index in [1.807, 2.05) is 6.07 Å². The molecule has 2 aromatic rings. The zero-order valence-electron chi connectivity index (χ0n) is 11.9. The van der Waals surface area contributed by atoms with Gasteiger partial charge in [0, 0.05) is 20.3 Å². The van der Waals surface area contributed by atoms with Gasteiger partial charge in [0.25, 0.3) is 0 Å². The zero-order chi connectivity index (χ0) is 14.5. The second kappa shape index (κ2) is 7.30. The molecule has 1 unspecified atom stereocenters. The average Bonchev–Trinajstić information content (AvgIpc) is 2.44. The molecule has 2 aromatic carbocycles. The number of hydrogen-bond donors (Lipinski definition) is 1. The van der Waals surface area contributed by atoms with Gasteiger partial charge in [-0.05, 0) is 71.1 Å². The lowest BCUT2D eigenvalue weighted by Crippen LogP contribution is -2.21. The molecule has 106 valence electrons. The quantitative estimate of drug-likeness (QED) is 0.803. The molecule has 0 radical (unpaired) electrons. The lowest BCUT2D eigenvalue weighted by molar-refractivity contribution is 0.644. The first-order valence-corrected chi connectivity index (χ1v) is 8.48. The van der Waals surface area contributed by atoms with Crippen molar-refractivity contribution in [2.45, 2.75) is 42.5 Å². The number of halogens is 1. The number of nitrogens with two attached hydrogens (primary N) is 1. The molecule has 2 N–H and O–H groups in total. The molecule has 0 saturated carbocycles. The summed E-state index contributed by atoms with van der Waals surface area (Å²) in [5.41, 5.74) is 8.73. The summed E-state index contributed by atoms with van der Waals surface area (Å²) < 4.78 is 1.14. The van der Waals surface area contributed by atoms with E-state index in [9.17, 15) is 0 Å². The minimum atomic E-state index is 0.260. The minimum absolute atomic E-state index is 0.260. The van der Waals surface area contributed by atoms with Gasteiger partial charge in [0.15, 0.2) is 0 Å². The monoisotopic (exact) mass is 349 g/mol. The predicted octanol–water partition coefficient (Wildman–Crippen LogP) is 5.19. The van der Waals surface area contributed by atoms with Crippen LogP contribution < -0.4 is 5.73 Å². The first-order valence-electron chi connectivity index (χ1n) is 6.87. The second-order valence-electron chi connectivity index (χ2n) is 4.99. The van der Waals surface area contributed by atoms with Crippen LogP contribution in [0.2, 0.25) is 0 Å². The van der Waals surface area contributed by atoms with Crippen LogP contribution in [0.5, 0.6) is 0 Å². The maximum absolute atomic E-state index is 6.04. The van der Waals surface area contributed by atoms with E-state index in [0.717, 1.165) is 17.3 Å². The highest BCUT2D eigenvalue weighted by Crippen LogP contribution is 2.34. The maximum Gasteiger partial charge on any atom is 0.0314 e. The number of rotatable bonds is 5. The van der Waals surface area contributed by atoms with Gasteiger partial charge >= 0.3 is 0 Å². The van der Waals surface area contributed by atoms with Crippen LogP contribution in [0.3, 0.4) is 0 Å². The van der Waals surface area contributed by atoms with Crippen molar-refractivity contribution in [1.82, 2.24) is 0 Å². The maximum atomic E-state index is 6.04. The Hall–Kier alpha value is -0.770.